The molecule has 5 aromatic rings. The first-order valence-electron chi connectivity index (χ1n) is 9.42. The van der Waals surface area contributed by atoms with Crippen LogP contribution in [0.5, 0.6) is 5.75 Å². The van der Waals surface area contributed by atoms with Crippen molar-refractivity contribution >= 4 is 29.1 Å². The molecule has 0 saturated heterocycles. The monoisotopic (exact) mass is 379 g/mol. The van der Waals surface area contributed by atoms with Gasteiger partial charge in [-0.2, -0.15) is 0 Å². The average molecular weight is 379 g/mol. The Morgan fingerprint density at radius 2 is 1.28 bits per heavy atom. The van der Waals surface area contributed by atoms with Gasteiger partial charge in [-0.05, 0) is 53.6 Å². The van der Waals surface area contributed by atoms with Gasteiger partial charge in [0.1, 0.15) is 5.75 Å². The molecule has 5 rings (SSSR count). The first-order chi connectivity index (χ1) is 14.2. The quantitative estimate of drug-likeness (QED) is 0.441. The van der Waals surface area contributed by atoms with Gasteiger partial charge in [0.25, 0.3) is 0 Å². The summed E-state index contributed by atoms with van der Waals surface area (Å²) in [6, 6.07) is 32.5. The third kappa shape index (κ3) is 3.16. The lowest BCUT2D eigenvalue weighted by atomic mass is 10.0. The number of benzene rings is 4. The summed E-state index contributed by atoms with van der Waals surface area (Å²) in [5.41, 5.74) is 5.58. The van der Waals surface area contributed by atoms with Crippen LogP contribution < -0.4 is 4.65 Å². The van der Waals surface area contributed by atoms with Crippen molar-refractivity contribution in [3.05, 3.63) is 97.1 Å². The van der Waals surface area contributed by atoms with Crippen LogP contribution in [-0.4, -0.2) is 21.9 Å². The third-order valence-corrected chi connectivity index (χ3v) is 5.12. The lowest BCUT2D eigenvalue weighted by Crippen LogP contribution is -2.20. The Balaban J connectivity index is 1.67. The van der Waals surface area contributed by atoms with Gasteiger partial charge in [-0.1, -0.05) is 54.6 Å². The summed E-state index contributed by atoms with van der Waals surface area (Å²) >= 11 is 0. The molecule has 0 fully saturated rings. The molecule has 0 aliphatic carbocycles. The van der Waals surface area contributed by atoms with Gasteiger partial charge in [-0.15, -0.1) is 0 Å². The fourth-order valence-electron chi connectivity index (χ4n) is 3.86. The van der Waals surface area contributed by atoms with E-state index < -0.39 is 7.32 Å². The van der Waals surface area contributed by atoms with Gasteiger partial charge in [0.2, 0.25) is 0 Å². The molecule has 1 heterocycles. The van der Waals surface area contributed by atoms with Crippen LogP contribution in [0.25, 0.3) is 38.6 Å². The van der Waals surface area contributed by atoms with Crippen LogP contribution in [0.1, 0.15) is 0 Å². The van der Waals surface area contributed by atoms with Crippen molar-refractivity contribution in [3.8, 4) is 22.6 Å². The molecule has 0 spiro atoms. The van der Waals surface area contributed by atoms with Crippen LogP contribution in [0.4, 0.5) is 0 Å². The number of aromatic nitrogens is 1. The number of fused-ring (bicyclic) bond motifs is 3. The predicted octanol–water partition coefficient (Wildman–Crippen LogP) is 4.80. The zero-order valence-corrected chi connectivity index (χ0v) is 15.6. The summed E-state index contributed by atoms with van der Waals surface area (Å²) < 4.78 is 7.18. The van der Waals surface area contributed by atoms with Gasteiger partial charge in [0.05, 0.1) is 11.0 Å². The molecule has 0 aliphatic heterocycles. The normalized spacial score (nSPS) is 11.1. The van der Waals surface area contributed by atoms with Gasteiger partial charge >= 0.3 is 7.32 Å². The predicted molar refractivity (Wildman–Crippen MR) is 117 cm³/mol. The molecule has 0 atom stereocenters. The summed E-state index contributed by atoms with van der Waals surface area (Å²) in [4.78, 5) is 0. The maximum absolute atomic E-state index is 8.94. The molecule has 1 aromatic heterocycles. The molecule has 0 radical (unpaired) electrons. The maximum Gasteiger partial charge on any atom is 0.707 e. The Labute approximate surface area is 168 Å². The molecule has 29 heavy (non-hydrogen) atoms. The summed E-state index contributed by atoms with van der Waals surface area (Å²) in [5.74, 6) is 0.408. The second-order valence-electron chi connectivity index (χ2n) is 6.89. The molecule has 140 valence electrons. The van der Waals surface area contributed by atoms with Gasteiger partial charge in [-0.25, -0.2) is 0 Å². The molecular formula is C24H18BNO3. The molecule has 2 N–H and O–H groups in total. The van der Waals surface area contributed by atoms with Crippen molar-refractivity contribution < 1.29 is 14.7 Å². The van der Waals surface area contributed by atoms with Gasteiger partial charge < -0.3 is 19.3 Å². The molecule has 0 amide bonds. The molecule has 0 bridgehead atoms. The Morgan fingerprint density at radius 1 is 0.621 bits per heavy atom. The topological polar surface area (TPSA) is 54.6 Å². The first-order valence-corrected chi connectivity index (χ1v) is 9.42. The lowest BCUT2D eigenvalue weighted by Gasteiger charge is -2.09. The molecule has 4 aromatic carbocycles. The number of nitrogens with zero attached hydrogens (tertiary/aromatic N) is 1. The van der Waals surface area contributed by atoms with Crippen molar-refractivity contribution in [2.75, 3.05) is 0 Å². The molecule has 0 saturated carbocycles. The van der Waals surface area contributed by atoms with E-state index in [0.29, 0.717) is 5.75 Å². The highest BCUT2D eigenvalue weighted by molar-refractivity contribution is 6.33. The highest BCUT2D eigenvalue weighted by atomic mass is 16.6. The van der Waals surface area contributed by atoms with E-state index in [9.17, 15) is 0 Å². The maximum atomic E-state index is 8.94. The number of hydrogen-bond donors (Lipinski definition) is 2. The van der Waals surface area contributed by atoms with E-state index in [1.165, 1.54) is 16.3 Å². The van der Waals surface area contributed by atoms with Crippen LogP contribution in [0, 0.1) is 0 Å². The second kappa shape index (κ2) is 7.13. The van der Waals surface area contributed by atoms with Gasteiger partial charge in [0.15, 0.2) is 0 Å². The minimum absolute atomic E-state index is 0.408. The number of para-hydroxylation sites is 2. The Bertz CT molecular complexity index is 1290. The Kier molecular flexibility index (Phi) is 4.32. The van der Waals surface area contributed by atoms with E-state index in [1.807, 2.05) is 18.2 Å². The van der Waals surface area contributed by atoms with Crippen molar-refractivity contribution in [1.82, 2.24) is 4.57 Å². The Morgan fingerprint density at radius 3 is 2.03 bits per heavy atom. The van der Waals surface area contributed by atoms with E-state index >= 15 is 0 Å². The third-order valence-electron chi connectivity index (χ3n) is 5.12. The van der Waals surface area contributed by atoms with Gasteiger partial charge in [-0.3, -0.25) is 0 Å². The minimum atomic E-state index is -1.82. The number of rotatable bonds is 4. The first kappa shape index (κ1) is 17.6. The highest BCUT2D eigenvalue weighted by Crippen LogP contribution is 2.35. The smallest absolute Gasteiger partial charge is 0.512 e. The van der Waals surface area contributed by atoms with E-state index in [1.54, 1.807) is 12.1 Å². The van der Waals surface area contributed by atoms with Crippen molar-refractivity contribution in [2.24, 2.45) is 0 Å². The van der Waals surface area contributed by atoms with E-state index in [0.717, 1.165) is 22.3 Å². The summed E-state index contributed by atoms with van der Waals surface area (Å²) in [7, 11) is -1.82. The van der Waals surface area contributed by atoms with Crippen LogP contribution in [0.15, 0.2) is 97.1 Å². The van der Waals surface area contributed by atoms with E-state index in [4.69, 9.17) is 14.7 Å². The minimum Gasteiger partial charge on any atom is -0.512 e. The molecular weight excluding hydrogens is 361 g/mol. The molecule has 4 nitrogen and oxygen atoms in total. The van der Waals surface area contributed by atoms with Crippen molar-refractivity contribution in [1.29, 1.82) is 0 Å². The fourth-order valence-corrected chi connectivity index (χ4v) is 3.86. The molecule has 5 heteroatoms. The number of hydrogen-bond acceptors (Lipinski definition) is 3. The van der Waals surface area contributed by atoms with E-state index in [-0.39, 0.29) is 0 Å². The highest BCUT2D eigenvalue weighted by Gasteiger charge is 2.13. The van der Waals surface area contributed by atoms with Crippen LogP contribution in [0.2, 0.25) is 0 Å². The summed E-state index contributed by atoms with van der Waals surface area (Å²) in [6.07, 6.45) is 0. The van der Waals surface area contributed by atoms with Crippen molar-refractivity contribution in [2.45, 2.75) is 0 Å². The standard InChI is InChI=1S/C24H18BNO3/c27-25(28)29-20-13-10-17(11-14-20)18-12-15-24-22(16-18)21-8-4-5-9-23(21)26(24)19-6-2-1-3-7-19/h1-16,27-28H. The van der Waals surface area contributed by atoms with Gasteiger partial charge in [0, 0.05) is 16.5 Å². The fraction of sp³-hybridized carbons (Fsp3) is 0. The SMILES string of the molecule is OB(O)Oc1ccc(-c2ccc3c(c2)c2ccccc2n3-c2ccccc2)cc1. The molecule has 0 unspecified atom stereocenters. The van der Waals surface area contributed by atoms with Crippen LogP contribution in [0.3, 0.4) is 0 Å². The zero-order chi connectivity index (χ0) is 19.8. The second-order valence-corrected chi connectivity index (χ2v) is 6.89. The average Bonchev–Trinajstić information content (AvgIpc) is 3.08. The van der Waals surface area contributed by atoms with E-state index in [2.05, 4.69) is 71.3 Å². The van der Waals surface area contributed by atoms with Crippen LogP contribution >= 0.6 is 0 Å². The Hall–Kier alpha value is -3.54. The van der Waals surface area contributed by atoms with Crippen molar-refractivity contribution in [3.63, 3.8) is 0 Å². The zero-order valence-electron chi connectivity index (χ0n) is 15.6. The molecule has 0 aliphatic rings. The summed E-state index contributed by atoms with van der Waals surface area (Å²) in [6.45, 7) is 0. The lowest BCUT2D eigenvalue weighted by molar-refractivity contribution is 0.288. The summed E-state index contributed by atoms with van der Waals surface area (Å²) in [5, 5.41) is 20.3. The largest absolute Gasteiger partial charge is 0.707 e. The van der Waals surface area contributed by atoms with Crippen LogP contribution in [-0.2, 0) is 0 Å².